The number of nitrogens with one attached hydrogen (secondary N) is 1. The lowest BCUT2D eigenvalue weighted by Gasteiger charge is -2.29. The number of amides is 1. The summed E-state index contributed by atoms with van der Waals surface area (Å²) in [6.07, 6.45) is 2.85. The van der Waals surface area contributed by atoms with Crippen molar-refractivity contribution in [3.8, 4) is 5.75 Å². The molecule has 0 saturated heterocycles. The Morgan fingerprint density at radius 1 is 1.19 bits per heavy atom. The van der Waals surface area contributed by atoms with Gasteiger partial charge in [0.25, 0.3) is 0 Å². The smallest absolute Gasteiger partial charge is 0.242 e. The van der Waals surface area contributed by atoms with Crippen LogP contribution >= 0.6 is 11.6 Å². The Hall–Kier alpha value is -2.37. The molecule has 5 nitrogen and oxygen atoms in total. The highest BCUT2D eigenvalue weighted by atomic mass is 35.5. The summed E-state index contributed by atoms with van der Waals surface area (Å²) in [6.45, 7) is -0.239. The molecule has 2 aromatic carbocycles. The first-order valence-electron chi connectivity index (χ1n) is 8.59. The van der Waals surface area contributed by atoms with Crippen LogP contribution in [0.3, 0.4) is 0 Å². The lowest BCUT2D eigenvalue weighted by molar-refractivity contribution is -0.131. The molecular formula is C20H21ClN2O3. The van der Waals surface area contributed by atoms with Gasteiger partial charge in [0.15, 0.2) is 5.78 Å². The predicted octanol–water partition coefficient (Wildman–Crippen LogP) is 2.81. The zero-order valence-corrected chi connectivity index (χ0v) is 15.0. The Morgan fingerprint density at radius 2 is 1.92 bits per heavy atom. The van der Waals surface area contributed by atoms with Crippen molar-refractivity contribution >= 4 is 23.3 Å². The predicted molar refractivity (Wildman–Crippen MR) is 100 cm³/mol. The Bertz CT molecular complexity index is 792. The van der Waals surface area contributed by atoms with Crippen LogP contribution in [0.2, 0.25) is 5.02 Å². The van der Waals surface area contributed by atoms with Crippen molar-refractivity contribution < 1.29 is 14.3 Å². The fraction of sp³-hybridized carbons (Fsp3) is 0.300. The molecule has 2 atom stereocenters. The van der Waals surface area contributed by atoms with Crippen molar-refractivity contribution in [2.24, 2.45) is 5.73 Å². The zero-order valence-electron chi connectivity index (χ0n) is 14.3. The normalized spacial score (nSPS) is 17.2. The van der Waals surface area contributed by atoms with Crippen molar-refractivity contribution in [3.63, 3.8) is 0 Å². The Kier molecular flexibility index (Phi) is 5.91. The standard InChI is InChI=1S/C20H21ClN2O3/c21-14-8-10-15(11-9-14)26-12-18(24)19(20(22)25)23-17-7-3-5-13-4-1-2-6-16(13)17/h1-2,4,6,8-11,17,19,23H,3,5,7,12H2,(H2,22,25). The van der Waals surface area contributed by atoms with Gasteiger partial charge in [-0.3, -0.25) is 14.9 Å². The van der Waals surface area contributed by atoms with E-state index in [4.69, 9.17) is 22.1 Å². The second kappa shape index (κ2) is 8.34. The van der Waals surface area contributed by atoms with Crippen LogP contribution in [0.15, 0.2) is 48.5 Å². The number of hydrogen-bond donors (Lipinski definition) is 2. The van der Waals surface area contributed by atoms with Crippen LogP contribution in [0, 0.1) is 0 Å². The molecule has 3 rings (SSSR count). The minimum Gasteiger partial charge on any atom is -0.486 e. The first kappa shape index (κ1) is 18.4. The summed E-state index contributed by atoms with van der Waals surface area (Å²) >= 11 is 5.82. The minimum atomic E-state index is -1.08. The van der Waals surface area contributed by atoms with E-state index in [2.05, 4.69) is 11.4 Å². The maximum absolute atomic E-state index is 12.5. The summed E-state index contributed by atoms with van der Waals surface area (Å²) in [6, 6.07) is 13.6. The second-order valence-corrected chi connectivity index (χ2v) is 6.79. The van der Waals surface area contributed by atoms with Gasteiger partial charge in [0.1, 0.15) is 18.4 Å². The molecule has 136 valence electrons. The molecule has 0 radical (unpaired) electrons. The summed E-state index contributed by atoms with van der Waals surface area (Å²) < 4.78 is 5.46. The number of aryl methyl sites for hydroxylation is 1. The SMILES string of the molecule is NC(=O)C(NC1CCCc2ccccc21)C(=O)COc1ccc(Cl)cc1. The van der Waals surface area contributed by atoms with Gasteiger partial charge in [-0.1, -0.05) is 35.9 Å². The maximum atomic E-state index is 12.5. The Labute approximate surface area is 157 Å². The first-order chi connectivity index (χ1) is 12.5. The number of halogens is 1. The van der Waals surface area contributed by atoms with Gasteiger partial charge in [0.2, 0.25) is 5.91 Å². The lowest BCUT2D eigenvalue weighted by Crippen LogP contribution is -2.50. The number of fused-ring (bicyclic) bond motifs is 1. The van der Waals surface area contributed by atoms with Crippen LogP contribution in [-0.4, -0.2) is 24.3 Å². The molecule has 0 aromatic heterocycles. The first-order valence-corrected chi connectivity index (χ1v) is 8.96. The molecule has 0 heterocycles. The van der Waals surface area contributed by atoms with Crippen molar-refractivity contribution in [3.05, 3.63) is 64.7 Å². The third kappa shape index (κ3) is 4.42. The van der Waals surface area contributed by atoms with Crippen LogP contribution in [0.4, 0.5) is 0 Å². The number of hydrogen-bond acceptors (Lipinski definition) is 4. The number of nitrogens with two attached hydrogens (primary N) is 1. The molecule has 0 bridgehead atoms. The zero-order chi connectivity index (χ0) is 18.5. The molecule has 1 amide bonds. The number of benzene rings is 2. The molecular weight excluding hydrogens is 352 g/mol. The number of Topliss-reactive ketones (excluding diaryl/α,β-unsaturated/α-hetero) is 1. The molecule has 0 saturated carbocycles. The largest absolute Gasteiger partial charge is 0.486 e. The van der Waals surface area contributed by atoms with E-state index in [-0.39, 0.29) is 12.6 Å². The highest BCUT2D eigenvalue weighted by Crippen LogP contribution is 2.29. The number of rotatable bonds is 7. The molecule has 2 aromatic rings. The molecule has 2 unspecified atom stereocenters. The van der Waals surface area contributed by atoms with E-state index < -0.39 is 17.7 Å². The van der Waals surface area contributed by atoms with E-state index in [0.717, 1.165) is 24.8 Å². The second-order valence-electron chi connectivity index (χ2n) is 6.35. The molecule has 0 spiro atoms. The monoisotopic (exact) mass is 372 g/mol. The molecule has 0 aliphatic heterocycles. The van der Waals surface area contributed by atoms with Crippen molar-refractivity contribution in [2.75, 3.05) is 6.61 Å². The summed E-state index contributed by atoms with van der Waals surface area (Å²) in [5.74, 6) is -0.581. The number of carbonyl (C=O) groups excluding carboxylic acids is 2. The molecule has 1 aliphatic rings. The fourth-order valence-corrected chi connectivity index (χ4v) is 3.36. The molecule has 26 heavy (non-hydrogen) atoms. The van der Waals surface area contributed by atoms with Crippen LogP contribution < -0.4 is 15.8 Å². The fourth-order valence-electron chi connectivity index (χ4n) is 3.23. The third-order valence-electron chi connectivity index (χ3n) is 4.54. The van der Waals surface area contributed by atoms with Crippen LogP contribution in [0.1, 0.15) is 30.0 Å². The van der Waals surface area contributed by atoms with E-state index in [0.29, 0.717) is 10.8 Å². The van der Waals surface area contributed by atoms with Gasteiger partial charge in [-0.05, 0) is 54.7 Å². The van der Waals surface area contributed by atoms with Crippen molar-refractivity contribution in [1.29, 1.82) is 0 Å². The molecule has 6 heteroatoms. The van der Waals surface area contributed by atoms with Gasteiger partial charge in [-0.15, -0.1) is 0 Å². The van der Waals surface area contributed by atoms with E-state index >= 15 is 0 Å². The summed E-state index contributed by atoms with van der Waals surface area (Å²) in [5.41, 5.74) is 7.83. The highest BCUT2D eigenvalue weighted by Gasteiger charge is 2.30. The van der Waals surface area contributed by atoms with Gasteiger partial charge >= 0.3 is 0 Å². The van der Waals surface area contributed by atoms with Crippen LogP contribution in [-0.2, 0) is 16.0 Å². The average molecular weight is 373 g/mol. The third-order valence-corrected chi connectivity index (χ3v) is 4.79. The Morgan fingerprint density at radius 3 is 2.65 bits per heavy atom. The van der Waals surface area contributed by atoms with Crippen LogP contribution in [0.5, 0.6) is 5.75 Å². The Balaban J connectivity index is 1.66. The maximum Gasteiger partial charge on any atom is 0.242 e. The van der Waals surface area contributed by atoms with E-state index in [1.54, 1.807) is 24.3 Å². The number of primary amides is 1. The van der Waals surface area contributed by atoms with Gasteiger partial charge in [-0.25, -0.2) is 0 Å². The number of ether oxygens (including phenoxy) is 1. The summed E-state index contributed by atoms with van der Waals surface area (Å²) in [5, 5.41) is 3.71. The van der Waals surface area contributed by atoms with Gasteiger partial charge in [-0.2, -0.15) is 0 Å². The molecule has 0 fully saturated rings. The average Bonchev–Trinajstić information content (AvgIpc) is 2.65. The van der Waals surface area contributed by atoms with Crippen molar-refractivity contribution in [2.45, 2.75) is 31.3 Å². The van der Waals surface area contributed by atoms with Crippen molar-refractivity contribution in [1.82, 2.24) is 5.32 Å². The molecule has 3 N–H and O–H groups in total. The van der Waals surface area contributed by atoms with Gasteiger partial charge in [0, 0.05) is 11.1 Å². The molecule has 1 aliphatic carbocycles. The lowest BCUT2D eigenvalue weighted by atomic mass is 9.87. The van der Waals surface area contributed by atoms with Crippen LogP contribution in [0.25, 0.3) is 0 Å². The van der Waals surface area contributed by atoms with Gasteiger partial charge in [0.05, 0.1) is 0 Å². The number of carbonyl (C=O) groups is 2. The van der Waals surface area contributed by atoms with Gasteiger partial charge < -0.3 is 10.5 Å². The van der Waals surface area contributed by atoms with E-state index in [1.807, 2.05) is 18.2 Å². The quantitative estimate of drug-likeness (QED) is 0.732. The van der Waals surface area contributed by atoms with E-state index in [1.165, 1.54) is 5.56 Å². The summed E-state index contributed by atoms with van der Waals surface area (Å²) in [4.78, 5) is 24.3. The van der Waals surface area contributed by atoms with E-state index in [9.17, 15) is 9.59 Å². The summed E-state index contributed by atoms with van der Waals surface area (Å²) in [7, 11) is 0. The highest BCUT2D eigenvalue weighted by molar-refractivity contribution is 6.30. The number of ketones is 1. The topological polar surface area (TPSA) is 81.4 Å². The minimum absolute atomic E-state index is 0.0723.